The molecule has 5 aliphatic carbocycles. The van der Waals surface area contributed by atoms with E-state index in [1.807, 2.05) is 19.9 Å². The Kier molecular flexibility index (Phi) is 7.66. The van der Waals surface area contributed by atoms with Gasteiger partial charge in [0.25, 0.3) is 0 Å². The molecular formula is C29H45N3O. The summed E-state index contributed by atoms with van der Waals surface area (Å²) < 4.78 is 1.41. The Bertz CT molecular complexity index is 840. The Morgan fingerprint density at radius 2 is 1.85 bits per heavy atom. The second kappa shape index (κ2) is 10.3. The SMILES string of the molecule is CC.CC1CCC2C(CCC3C2CCC2(C)CC4CC4CC32)C1.N#Cc1cnn(CC=O)c1. The highest BCUT2D eigenvalue weighted by Gasteiger charge is 2.58. The first-order valence-electron chi connectivity index (χ1n) is 13.9. The maximum absolute atomic E-state index is 9.93. The lowest BCUT2D eigenvalue weighted by Crippen LogP contribution is -2.50. The fourth-order valence-corrected chi connectivity index (χ4v) is 8.57. The summed E-state index contributed by atoms with van der Waals surface area (Å²) in [4.78, 5) is 9.93. The molecule has 1 heterocycles. The number of rotatable bonds is 2. The lowest BCUT2D eigenvalue weighted by atomic mass is 9.47. The quantitative estimate of drug-likeness (QED) is 0.460. The second-order valence-corrected chi connectivity index (χ2v) is 12.0. The van der Waals surface area contributed by atoms with Gasteiger partial charge in [-0.3, -0.25) is 4.68 Å². The third kappa shape index (κ3) is 5.08. The molecule has 5 saturated carbocycles. The Hall–Kier alpha value is -1.63. The Morgan fingerprint density at radius 1 is 1.06 bits per heavy atom. The van der Waals surface area contributed by atoms with Crippen LogP contribution in [0.25, 0.3) is 0 Å². The molecule has 9 unspecified atom stereocenters. The summed E-state index contributed by atoms with van der Waals surface area (Å²) in [6.45, 7) is 9.41. The highest BCUT2D eigenvalue weighted by atomic mass is 16.1. The first-order valence-corrected chi connectivity index (χ1v) is 13.9. The molecule has 182 valence electrons. The van der Waals surface area contributed by atoms with Crippen molar-refractivity contribution in [3.8, 4) is 6.07 Å². The van der Waals surface area contributed by atoms with Crippen LogP contribution in [0.1, 0.15) is 97.5 Å². The van der Waals surface area contributed by atoms with Crippen LogP contribution in [0.5, 0.6) is 0 Å². The molecule has 0 saturated heterocycles. The molecule has 0 amide bonds. The first-order chi connectivity index (χ1) is 16.0. The van der Waals surface area contributed by atoms with E-state index in [1.54, 1.807) is 57.8 Å². The van der Waals surface area contributed by atoms with Gasteiger partial charge in [0.1, 0.15) is 12.4 Å². The van der Waals surface area contributed by atoms with Gasteiger partial charge < -0.3 is 4.79 Å². The molecule has 0 aromatic carbocycles. The van der Waals surface area contributed by atoms with Gasteiger partial charge in [-0.1, -0.05) is 34.1 Å². The highest BCUT2D eigenvalue weighted by Crippen LogP contribution is 2.67. The van der Waals surface area contributed by atoms with Crippen LogP contribution in [0.2, 0.25) is 0 Å². The van der Waals surface area contributed by atoms with Crippen molar-refractivity contribution in [1.82, 2.24) is 9.78 Å². The molecule has 4 heteroatoms. The third-order valence-corrected chi connectivity index (χ3v) is 10.1. The van der Waals surface area contributed by atoms with Crippen molar-refractivity contribution in [2.75, 3.05) is 0 Å². The van der Waals surface area contributed by atoms with Crippen molar-refractivity contribution < 1.29 is 4.79 Å². The van der Waals surface area contributed by atoms with Gasteiger partial charge in [-0.2, -0.15) is 10.4 Å². The zero-order valence-electron chi connectivity index (χ0n) is 21.4. The predicted molar refractivity (Wildman–Crippen MR) is 132 cm³/mol. The first kappa shape index (κ1) is 24.5. The lowest BCUT2D eigenvalue weighted by Gasteiger charge is -2.58. The molecule has 1 aromatic heterocycles. The molecule has 1 aromatic rings. The van der Waals surface area contributed by atoms with E-state index in [4.69, 9.17) is 5.26 Å². The van der Waals surface area contributed by atoms with E-state index in [1.165, 1.54) is 29.4 Å². The van der Waals surface area contributed by atoms with Gasteiger partial charge >= 0.3 is 0 Å². The molecule has 0 bridgehead atoms. The Morgan fingerprint density at radius 3 is 2.58 bits per heavy atom. The Balaban J connectivity index is 0.000000184. The molecule has 0 aliphatic heterocycles. The summed E-state index contributed by atoms with van der Waals surface area (Å²) in [6, 6.07) is 1.91. The van der Waals surface area contributed by atoms with E-state index in [2.05, 4.69) is 18.9 Å². The van der Waals surface area contributed by atoms with Crippen LogP contribution in [-0.2, 0) is 11.3 Å². The van der Waals surface area contributed by atoms with Gasteiger partial charge in [0, 0.05) is 6.20 Å². The standard InChI is InChI=1S/C21H34.C6H5N3O.C2H6/c1-13-3-5-17-14(9-13)4-6-19-18(17)7-8-21(2)12-16-10-15(16)11-20(19)21;7-3-6-4-8-9(5-6)1-2-10;1-2/h13-20H,3-12H2,1-2H3;2,4-5H,1H2;1-2H3. The van der Waals surface area contributed by atoms with Crippen LogP contribution in [0.3, 0.4) is 0 Å². The number of hydrogen-bond acceptors (Lipinski definition) is 3. The van der Waals surface area contributed by atoms with E-state index >= 15 is 0 Å². The van der Waals surface area contributed by atoms with Crippen LogP contribution in [0.15, 0.2) is 12.4 Å². The topological polar surface area (TPSA) is 58.7 Å². The molecule has 0 N–H and O–H groups in total. The van der Waals surface area contributed by atoms with Crippen LogP contribution in [0.4, 0.5) is 0 Å². The molecule has 6 rings (SSSR count). The fourth-order valence-electron chi connectivity index (χ4n) is 8.57. The van der Waals surface area contributed by atoms with Gasteiger partial charge in [-0.05, 0) is 111 Å². The van der Waals surface area contributed by atoms with Gasteiger partial charge in [-0.25, -0.2) is 0 Å². The highest BCUT2D eigenvalue weighted by molar-refractivity contribution is 5.49. The maximum Gasteiger partial charge on any atom is 0.141 e. The summed E-state index contributed by atoms with van der Waals surface area (Å²) in [7, 11) is 0. The third-order valence-electron chi connectivity index (χ3n) is 10.1. The van der Waals surface area contributed by atoms with Crippen molar-refractivity contribution in [3.63, 3.8) is 0 Å². The summed E-state index contributed by atoms with van der Waals surface area (Å²) >= 11 is 0. The smallest absolute Gasteiger partial charge is 0.141 e. The van der Waals surface area contributed by atoms with Crippen molar-refractivity contribution in [3.05, 3.63) is 18.0 Å². The average molecular weight is 452 g/mol. The minimum atomic E-state index is 0.210. The van der Waals surface area contributed by atoms with E-state index < -0.39 is 0 Å². The summed E-state index contributed by atoms with van der Waals surface area (Å²) in [5, 5.41) is 12.1. The molecular weight excluding hydrogens is 406 g/mol. The number of nitrogens with zero attached hydrogens (tertiary/aromatic N) is 3. The van der Waals surface area contributed by atoms with Crippen molar-refractivity contribution in [2.24, 2.45) is 52.8 Å². The van der Waals surface area contributed by atoms with Gasteiger partial charge in [-0.15, -0.1) is 0 Å². The number of fused-ring (bicyclic) bond motifs is 6. The van der Waals surface area contributed by atoms with Crippen LogP contribution in [0, 0.1) is 64.1 Å². The zero-order valence-corrected chi connectivity index (χ0v) is 21.4. The largest absolute Gasteiger partial charge is 0.301 e. The van der Waals surface area contributed by atoms with Gasteiger partial charge in [0.15, 0.2) is 0 Å². The van der Waals surface area contributed by atoms with Crippen LogP contribution in [-0.4, -0.2) is 16.1 Å². The van der Waals surface area contributed by atoms with Crippen molar-refractivity contribution in [2.45, 2.75) is 98.4 Å². The van der Waals surface area contributed by atoms with Crippen LogP contribution < -0.4 is 0 Å². The molecule has 0 spiro atoms. The number of nitriles is 1. The van der Waals surface area contributed by atoms with E-state index in [0.29, 0.717) is 5.56 Å². The number of aromatic nitrogens is 2. The average Bonchev–Trinajstić information content (AvgIpc) is 3.42. The molecule has 9 atom stereocenters. The lowest BCUT2D eigenvalue weighted by molar-refractivity contribution is -0.108. The number of hydrogen-bond donors (Lipinski definition) is 0. The van der Waals surface area contributed by atoms with E-state index in [-0.39, 0.29) is 6.54 Å². The van der Waals surface area contributed by atoms with Crippen LogP contribution >= 0.6 is 0 Å². The minimum absolute atomic E-state index is 0.210. The molecule has 5 aliphatic rings. The molecule has 0 radical (unpaired) electrons. The minimum Gasteiger partial charge on any atom is -0.301 e. The molecule has 4 nitrogen and oxygen atoms in total. The number of carbonyl (C=O) groups excluding carboxylic acids is 1. The second-order valence-electron chi connectivity index (χ2n) is 12.0. The van der Waals surface area contributed by atoms with Gasteiger partial charge in [0.2, 0.25) is 0 Å². The maximum atomic E-state index is 9.93. The Labute approximate surface area is 201 Å². The monoisotopic (exact) mass is 451 g/mol. The predicted octanol–water partition coefficient (Wildman–Crippen LogP) is 6.89. The van der Waals surface area contributed by atoms with Crippen molar-refractivity contribution in [1.29, 1.82) is 5.26 Å². The fraction of sp³-hybridized carbons (Fsp3) is 0.828. The number of carbonyl (C=O) groups is 1. The zero-order chi connectivity index (χ0) is 23.6. The van der Waals surface area contributed by atoms with E-state index in [9.17, 15) is 4.79 Å². The molecule has 33 heavy (non-hydrogen) atoms. The van der Waals surface area contributed by atoms with Gasteiger partial charge in [0.05, 0.1) is 18.3 Å². The number of aldehydes is 1. The molecule has 5 fully saturated rings. The summed E-state index contributed by atoms with van der Waals surface area (Å²) in [6.07, 6.45) is 19.6. The van der Waals surface area contributed by atoms with Crippen molar-refractivity contribution >= 4 is 6.29 Å². The summed E-state index contributed by atoms with van der Waals surface area (Å²) in [5.41, 5.74) is 1.23. The summed E-state index contributed by atoms with van der Waals surface area (Å²) in [5.74, 6) is 9.03. The normalized spacial score (nSPS) is 42.3. The van der Waals surface area contributed by atoms with E-state index in [0.717, 1.165) is 53.1 Å².